The number of hydrogen-bond donors (Lipinski definition) is 2. The van der Waals surface area contributed by atoms with Crippen LogP contribution in [0.5, 0.6) is 0 Å². The van der Waals surface area contributed by atoms with Crippen LogP contribution in [0.25, 0.3) is 10.8 Å². The van der Waals surface area contributed by atoms with Gasteiger partial charge in [0.1, 0.15) is 0 Å². The van der Waals surface area contributed by atoms with Crippen LogP contribution in [-0.2, 0) is 0 Å². The van der Waals surface area contributed by atoms with E-state index in [1.165, 1.54) is 10.8 Å². The molecule has 2 aromatic carbocycles. The summed E-state index contributed by atoms with van der Waals surface area (Å²) >= 11 is 0. The summed E-state index contributed by atoms with van der Waals surface area (Å²) in [5.74, 6) is 0. The maximum Gasteiger partial charge on any atom is 0.0629 e. The first-order chi connectivity index (χ1) is 7.40. The summed E-state index contributed by atoms with van der Waals surface area (Å²) in [7, 11) is 0. The van der Waals surface area contributed by atoms with Gasteiger partial charge in [-0.15, -0.1) is 0 Å². The summed E-state index contributed by atoms with van der Waals surface area (Å²) in [6, 6.07) is 14.4. The molecule has 0 atom stereocenters. The third kappa shape index (κ3) is 2.36. The Balaban J connectivity index is 2.26. The van der Waals surface area contributed by atoms with E-state index in [4.69, 9.17) is 5.11 Å². The van der Waals surface area contributed by atoms with Crippen molar-refractivity contribution < 1.29 is 5.11 Å². The van der Waals surface area contributed by atoms with Crippen molar-refractivity contribution in [2.75, 3.05) is 11.9 Å². The molecule has 0 fully saturated rings. The van der Waals surface area contributed by atoms with Gasteiger partial charge in [0.2, 0.25) is 0 Å². The minimum atomic E-state index is 0.0561. The molecule has 2 nitrogen and oxygen atoms in total. The lowest BCUT2D eigenvalue weighted by Crippen LogP contribution is -1.87. The molecule has 0 spiro atoms. The topological polar surface area (TPSA) is 32.3 Å². The zero-order valence-corrected chi connectivity index (χ0v) is 8.35. The van der Waals surface area contributed by atoms with Crippen molar-refractivity contribution in [1.29, 1.82) is 0 Å². The number of aliphatic hydroxyl groups is 1. The normalized spacial score (nSPS) is 11.0. The summed E-state index contributed by atoms with van der Waals surface area (Å²) in [6.45, 7) is 0.0561. The Hall–Kier alpha value is -1.80. The smallest absolute Gasteiger partial charge is 0.0629 e. The number of hydrogen-bond acceptors (Lipinski definition) is 2. The van der Waals surface area contributed by atoms with Gasteiger partial charge >= 0.3 is 0 Å². The number of fused-ring (bicyclic) bond motifs is 1. The Morgan fingerprint density at radius 2 is 1.87 bits per heavy atom. The zero-order valence-electron chi connectivity index (χ0n) is 8.35. The Kier molecular flexibility index (Phi) is 3.00. The van der Waals surface area contributed by atoms with E-state index in [0.717, 1.165) is 5.69 Å². The third-order valence-corrected chi connectivity index (χ3v) is 2.22. The van der Waals surface area contributed by atoms with Gasteiger partial charge in [0.05, 0.1) is 6.61 Å². The highest BCUT2D eigenvalue weighted by atomic mass is 16.2. The minimum absolute atomic E-state index is 0.0561. The van der Waals surface area contributed by atoms with E-state index in [9.17, 15) is 0 Å². The van der Waals surface area contributed by atoms with Gasteiger partial charge in [0.25, 0.3) is 0 Å². The van der Waals surface area contributed by atoms with Gasteiger partial charge < -0.3 is 10.4 Å². The summed E-state index contributed by atoms with van der Waals surface area (Å²) in [5, 5.41) is 14.1. The van der Waals surface area contributed by atoms with Crippen LogP contribution in [0.2, 0.25) is 0 Å². The van der Waals surface area contributed by atoms with E-state index in [2.05, 4.69) is 29.6 Å². The Morgan fingerprint density at radius 1 is 1.07 bits per heavy atom. The van der Waals surface area contributed by atoms with Crippen LogP contribution in [0.3, 0.4) is 0 Å². The molecule has 0 radical (unpaired) electrons. The molecule has 0 saturated carbocycles. The van der Waals surface area contributed by atoms with Gasteiger partial charge in [-0.1, -0.05) is 30.3 Å². The second kappa shape index (κ2) is 4.62. The van der Waals surface area contributed by atoms with Gasteiger partial charge in [-0.3, -0.25) is 0 Å². The summed E-state index contributed by atoms with van der Waals surface area (Å²) in [5.41, 5.74) is 1.03. The average Bonchev–Trinajstić information content (AvgIpc) is 2.29. The van der Waals surface area contributed by atoms with Crippen molar-refractivity contribution in [2.45, 2.75) is 0 Å². The van der Waals surface area contributed by atoms with Crippen molar-refractivity contribution in [3.05, 3.63) is 54.7 Å². The van der Waals surface area contributed by atoms with Crippen LogP contribution in [0.15, 0.2) is 54.7 Å². The van der Waals surface area contributed by atoms with Crippen LogP contribution < -0.4 is 5.32 Å². The molecule has 0 aromatic heterocycles. The Labute approximate surface area is 88.9 Å². The van der Waals surface area contributed by atoms with E-state index in [0.29, 0.717) is 0 Å². The van der Waals surface area contributed by atoms with E-state index in [-0.39, 0.29) is 6.61 Å². The predicted octanol–water partition coefficient (Wildman–Crippen LogP) is 2.76. The minimum Gasteiger partial charge on any atom is -0.392 e. The number of aliphatic hydroxyl groups excluding tert-OH is 1. The third-order valence-electron chi connectivity index (χ3n) is 2.22. The number of nitrogens with one attached hydrogen (secondary N) is 1. The summed E-state index contributed by atoms with van der Waals surface area (Å²) in [4.78, 5) is 0. The van der Waals surface area contributed by atoms with Crippen LogP contribution in [0, 0.1) is 0 Å². The fourth-order valence-corrected chi connectivity index (χ4v) is 1.49. The van der Waals surface area contributed by atoms with Crippen molar-refractivity contribution in [1.82, 2.24) is 0 Å². The molecule has 2 heteroatoms. The van der Waals surface area contributed by atoms with Gasteiger partial charge in [-0.2, -0.15) is 0 Å². The maximum absolute atomic E-state index is 8.59. The zero-order chi connectivity index (χ0) is 10.5. The first-order valence-corrected chi connectivity index (χ1v) is 4.91. The molecule has 76 valence electrons. The number of benzene rings is 2. The van der Waals surface area contributed by atoms with E-state index in [1.807, 2.05) is 18.2 Å². The van der Waals surface area contributed by atoms with Crippen LogP contribution >= 0.6 is 0 Å². The maximum atomic E-state index is 8.59. The molecule has 0 saturated heterocycles. The number of anilines is 1. The second-order valence-corrected chi connectivity index (χ2v) is 3.29. The Bertz CT molecular complexity index is 477. The lowest BCUT2D eigenvalue weighted by molar-refractivity contribution is 0.342. The molecule has 0 aliphatic rings. The quantitative estimate of drug-likeness (QED) is 0.796. The monoisotopic (exact) mass is 199 g/mol. The molecule has 2 aromatic rings. The van der Waals surface area contributed by atoms with Gasteiger partial charge in [0.15, 0.2) is 0 Å². The molecular weight excluding hydrogens is 186 g/mol. The van der Waals surface area contributed by atoms with Crippen molar-refractivity contribution >= 4 is 16.5 Å². The molecular formula is C13H13NO. The van der Waals surface area contributed by atoms with Gasteiger partial charge in [-0.05, 0) is 35.2 Å². The van der Waals surface area contributed by atoms with E-state index < -0.39 is 0 Å². The fourth-order valence-electron chi connectivity index (χ4n) is 1.49. The number of rotatable bonds is 3. The molecule has 0 unspecified atom stereocenters. The highest BCUT2D eigenvalue weighted by Gasteiger charge is 1.92. The highest BCUT2D eigenvalue weighted by molar-refractivity contribution is 5.85. The summed E-state index contributed by atoms with van der Waals surface area (Å²) in [6.07, 6.45) is 3.40. The molecule has 0 aliphatic carbocycles. The van der Waals surface area contributed by atoms with Gasteiger partial charge in [0, 0.05) is 5.69 Å². The van der Waals surface area contributed by atoms with Crippen LogP contribution in [-0.4, -0.2) is 11.7 Å². The molecule has 2 rings (SSSR count). The highest BCUT2D eigenvalue weighted by Crippen LogP contribution is 2.18. The lowest BCUT2D eigenvalue weighted by Gasteiger charge is -2.02. The molecule has 15 heavy (non-hydrogen) atoms. The lowest BCUT2D eigenvalue weighted by atomic mass is 10.1. The van der Waals surface area contributed by atoms with Crippen molar-refractivity contribution in [3.8, 4) is 0 Å². The van der Waals surface area contributed by atoms with Crippen molar-refractivity contribution in [3.63, 3.8) is 0 Å². The standard InChI is InChI=1S/C13H13NO/c15-9-3-8-14-13-7-6-11-4-1-2-5-12(11)10-13/h1-8,10,14-15H,9H2/b8-3-. The van der Waals surface area contributed by atoms with E-state index in [1.54, 1.807) is 12.3 Å². The molecule has 0 amide bonds. The largest absolute Gasteiger partial charge is 0.392 e. The molecule has 2 N–H and O–H groups in total. The molecule has 0 aliphatic heterocycles. The predicted molar refractivity (Wildman–Crippen MR) is 63.8 cm³/mol. The summed E-state index contributed by atoms with van der Waals surface area (Å²) < 4.78 is 0. The second-order valence-electron chi connectivity index (χ2n) is 3.29. The van der Waals surface area contributed by atoms with Crippen molar-refractivity contribution in [2.24, 2.45) is 0 Å². The molecule has 0 bridgehead atoms. The fraction of sp³-hybridized carbons (Fsp3) is 0.0769. The van der Waals surface area contributed by atoms with Gasteiger partial charge in [-0.25, -0.2) is 0 Å². The van der Waals surface area contributed by atoms with Crippen LogP contribution in [0.4, 0.5) is 5.69 Å². The first kappa shape index (κ1) is 9.74. The Morgan fingerprint density at radius 3 is 2.67 bits per heavy atom. The van der Waals surface area contributed by atoms with Crippen LogP contribution in [0.1, 0.15) is 0 Å². The molecule has 0 heterocycles. The van der Waals surface area contributed by atoms with E-state index >= 15 is 0 Å². The average molecular weight is 199 g/mol. The SMILES string of the molecule is OC/C=C\Nc1ccc2ccccc2c1. The first-order valence-electron chi connectivity index (χ1n) is 4.91.